The van der Waals surface area contributed by atoms with Gasteiger partial charge in [0, 0.05) is 28.9 Å². The summed E-state index contributed by atoms with van der Waals surface area (Å²) in [5, 5.41) is 14.5. The summed E-state index contributed by atoms with van der Waals surface area (Å²) in [4.78, 5) is 28.1. The smallest absolute Gasteiger partial charge is 0.271 e. The van der Waals surface area contributed by atoms with Gasteiger partial charge in [-0.15, -0.1) is 0 Å². The molecular formula is C31H29FN4O3. The largest absolute Gasteiger partial charge is 0.491 e. The van der Waals surface area contributed by atoms with Crippen LogP contribution in [0.15, 0.2) is 71.4 Å². The Hall–Kier alpha value is -4.51. The molecule has 5 rings (SSSR count). The fraction of sp³-hybridized carbons (Fsp3) is 0.290. The predicted octanol–water partition coefficient (Wildman–Crippen LogP) is 6.00. The summed E-state index contributed by atoms with van der Waals surface area (Å²) in [6.07, 6.45) is 7.50. The molecule has 0 saturated heterocycles. The van der Waals surface area contributed by atoms with Crippen molar-refractivity contribution >= 4 is 17.9 Å². The lowest BCUT2D eigenvalue weighted by Gasteiger charge is -2.32. The molecular weight excluding hydrogens is 495 g/mol. The zero-order valence-corrected chi connectivity index (χ0v) is 22.0. The van der Waals surface area contributed by atoms with E-state index >= 15 is 0 Å². The van der Waals surface area contributed by atoms with Gasteiger partial charge in [-0.25, -0.2) is 9.07 Å². The summed E-state index contributed by atoms with van der Waals surface area (Å²) in [6, 6.07) is 15.9. The van der Waals surface area contributed by atoms with Crippen LogP contribution >= 0.6 is 0 Å². The summed E-state index contributed by atoms with van der Waals surface area (Å²) < 4.78 is 22.1. The topological polar surface area (TPSA) is 88.2 Å². The molecule has 2 heterocycles. The third-order valence-corrected chi connectivity index (χ3v) is 7.19. The molecule has 1 saturated carbocycles. The second-order valence-electron chi connectivity index (χ2n) is 9.80. The molecule has 198 valence electrons. The van der Waals surface area contributed by atoms with Gasteiger partial charge in [0.1, 0.15) is 17.3 Å². The fourth-order valence-corrected chi connectivity index (χ4v) is 5.16. The van der Waals surface area contributed by atoms with E-state index in [1.165, 1.54) is 11.0 Å². The highest BCUT2D eigenvalue weighted by molar-refractivity contribution is 6.20. The van der Waals surface area contributed by atoms with Crippen LogP contribution in [0.25, 0.3) is 23.0 Å². The average Bonchev–Trinajstić information content (AvgIpc) is 3.62. The standard InChI is InChI=1S/C31H29FN4O3/c1-3-15-39-28-14-13-21(17-27(28)32)29-22(19-35(34-29)23-9-5-4-6-10-23)16-25-20(2)26(18-33)31(38)36(30(25)37)24-11-7-8-12-24/h4-6,9-10,13-14,16-17,19,24H,3,7-8,11-12,15H2,1-2H3/b25-16+. The second-order valence-corrected chi connectivity index (χ2v) is 9.80. The molecule has 0 radical (unpaired) electrons. The molecule has 2 aromatic carbocycles. The van der Waals surface area contributed by atoms with E-state index in [1.807, 2.05) is 43.3 Å². The summed E-state index contributed by atoms with van der Waals surface area (Å²) >= 11 is 0. The van der Waals surface area contributed by atoms with E-state index in [9.17, 15) is 19.2 Å². The Labute approximate surface area is 226 Å². The zero-order chi connectivity index (χ0) is 27.5. The SMILES string of the molecule is CCCOc1ccc(-c2nn(-c3ccccc3)cc2/C=C2/C(=O)N(C3CCCC3)C(=O)C(C#N)=C2C)cc1F. The quantitative estimate of drug-likeness (QED) is 0.279. The van der Waals surface area contributed by atoms with Crippen LogP contribution < -0.4 is 4.74 Å². The first-order chi connectivity index (χ1) is 18.9. The molecule has 0 atom stereocenters. The van der Waals surface area contributed by atoms with Crippen molar-refractivity contribution in [3.63, 3.8) is 0 Å². The van der Waals surface area contributed by atoms with Crippen LogP contribution in [0.4, 0.5) is 4.39 Å². The normalized spacial score (nSPS) is 17.3. The molecule has 2 aliphatic rings. The number of hydrogen-bond donors (Lipinski definition) is 0. The summed E-state index contributed by atoms with van der Waals surface area (Å²) in [5.74, 6) is -1.30. The van der Waals surface area contributed by atoms with Gasteiger partial charge in [-0.2, -0.15) is 10.4 Å². The van der Waals surface area contributed by atoms with Crippen molar-refractivity contribution < 1.29 is 18.7 Å². The van der Waals surface area contributed by atoms with Crippen molar-refractivity contribution in [3.8, 4) is 28.8 Å². The molecule has 2 amide bonds. The lowest BCUT2D eigenvalue weighted by Crippen LogP contribution is -2.47. The van der Waals surface area contributed by atoms with Crippen LogP contribution in [-0.2, 0) is 9.59 Å². The summed E-state index contributed by atoms with van der Waals surface area (Å²) in [6.45, 7) is 3.97. The highest BCUT2D eigenvalue weighted by Gasteiger charge is 2.40. The molecule has 39 heavy (non-hydrogen) atoms. The molecule has 0 unspecified atom stereocenters. The fourth-order valence-electron chi connectivity index (χ4n) is 5.16. The average molecular weight is 525 g/mol. The Balaban J connectivity index is 1.65. The van der Waals surface area contributed by atoms with E-state index in [0.717, 1.165) is 37.8 Å². The van der Waals surface area contributed by atoms with Crippen LogP contribution in [-0.4, -0.2) is 39.1 Å². The minimum Gasteiger partial charge on any atom is -0.491 e. The second kappa shape index (κ2) is 11.1. The highest BCUT2D eigenvalue weighted by Crippen LogP contribution is 2.35. The number of rotatable bonds is 7. The first-order valence-corrected chi connectivity index (χ1v) is 13.2. The van der Waals surface area contributed by atoms with Gasteiger partial charge >= 0.3 is 0 Å². The van der Waals surface area contributed by atoms with Gasteiger partial charge in [0.15, 0.2) is 11.6 Å². The maximum absolute atomic E-state index is 15.0. The number of nitrogens with zero attached hydrogens (tertiary/aromatic N) is 4. The van der Waals surface area contributed by atoms with Crippen molar-refractivity contribution in [2.24, 2.45) is 0 Å². The van der Waals surface area contributed by atoms with Crippen LogP contribution in [0.2, 0.25) is 0 Å². The number of ether oxygens (including phenoxy) is 1. The Morgan fingerprint density at radius 3 is 2.54 bits per heavy atom. The number of halogens is 1. The maximum atomic E-state index is 15.0. The number of aromatic nitrogens is 2. The summed E-state index contributed by atoms with van der Waals surface area (Å²) in [7, 11) is 0. The number of nitriles is 1. The van der Waals surface area contributed by atoms with Crippen molar-refractivity contribution in [1.82, 2.24) is 14.7 Å². The van der Waals surface area contributed by atoms with Gasteiger partial charge in [-0.3, -0.25) is 14.5 Å². The highest BCUT2D eigenvalue weighted by atomic mass is 19.1. The Kier molecular flexibility index (Phi) is 7.42. The van der Waals surface area contributed by atoms with E-state index in [-0.39, 0.29) is 22.9 Å². The van der Waals surface area contributed by atoms with Gasteiger partial charge in [0.25, 0.3) is 11.8 Å². The van der Waals surface area contributed by atoms with E-state index in [0.29, 0.717) is 29.0 Å². The number of para-hydroxylation sites is 1. The Morgan fingerprint density at radius 1 is 1.13 bits per heavy atom. The molecule has 1 fully saturated rings. The van der Waals surface area contributed by atoms with Gasteiger partial charge in [-0.05, 0) is 68.2 Å². The number of hydrogen-bond acceptors (Lipinski definition) is 5. The molecule has 1 aromatic heterocycles. The van der Waals surface area contributed by atoms with Gasteiger partial charge in [0.05, 0.1) is 12.3 Å². The molecule has 8 heteroatoms. The zero-order valence-electron chi connectivity index (χ0n) is 22.0. The number of amides is 2. The van der Waals surface area contributed by atoms with Crippen molar-refractivity contribution in [3.05, 3.63) is 82.8 Å². The molecule has 0 spiro atoms. The lowest BCUT2D eigenvalue weighted by molar-refractivity contribution is -0.143. The Morgan fingerprint density at radius 2 is 1.87 bits per heavy atom. The van der Waals surface area contributed by atoms with Crippen molar-refractivity contribution in [2.75, 3.05) is 6.61 Å². The number of benzene rings is 2. The van der Waals surface area contributed by atoms with E-state index in [2.05, 4.69) is 0 Å². The third kappa shape index (κ3) is 5.00. The van der Waals surface area contributed by atoms with Gasteiger partial charge < -0.3 is 4.74 Å². The van der Waals surface area contributed by atoms with E-state index in [4.69, 9.17) is 9.84 Å². The molecule has 1 aliphatic heterocycles. The molecule has 0 bridgehead atoms. The molecule has 0 N–H and O–H groups in total. The molecule has 3 aromatic rings. The van der Waals surface area contributed by atoms with Crippen molar-refractivity contribution in [1.29, 1.82) is 5.26 Å². The Bertz CT molecular complexity index is 1520. The van der Waals surface area contributed by atoms with Crippen LogP contribution in [0.5, 0.6) is 5.75 Å². The number of imide groups is 1. The van der Waals surface area contributed by atoms with Gasteiger partial charge in [-0.1, -0.05) is 38.0 Å². The minimum absolute atomic E-state index is 0.0341. The van der Waals surface area contributed by atoms with Gasteiger partial charge in [0.2, 0.25) is 0 Å². The monoisotopic (exact) mass is 524 g/mol. The first-order valence-electron chi connectivity index (χ1n) is 13.2. The lowest BCUT2D eigenvalue weighted by atomic mass is 9.92. The number of carbonyl (C=O) groups is 2. The van der Waals surface area contributed by atoms with E-state index in [1.54, 1.807) is 36.0 Å². The molecule has 1 aliphatic carbocycles. The van der Waals surface area contributed by atoms with Crippen molar-refractivity contribution in [2.45, 2.75) is 52.0 Å². The third-order valence-electron chi connectivity index (χ3n) is 7.19. The van der Waals surface area contributed by atoms with Crippen LogP contribution in [0, 0.1) is 17.1 Å². The predicted molar refractivity (Wildman–Crippen MR) is 145 cm³/mol. The molecule has 7 nitrogen and oxygen atoms in total. The van der Waals surface area contributed by atoms with Crippen LogP contribution in [0.1, 0.15) is 51.5 Å². The minimum atomic E-state index is -0.533. The maximum Gasteiger partial charge on any atom is 0.271 e. The summed E-state index contributed by atoms with van der Waals surface area (Å²) in [5.41, 5.74) is 2.86. The number of carbonyl (C=O) groups excluding carboxylic acids is 2. The van der Waals surface area contributed by atoms with Crippen LogP contribution in [0.3, 0.4) is 0 Å². The van der Waals surface area contributed by atoms with E-state index < -0.39 is 17.6 Å². The first kappa shape index (κ1) is 26.1.